The molecule has 0 aromatic carbocycles. The average Bonchev–Trinajstić information content (AvgIpc) is 3.52. The number of likely N-dealkylation sites (N-methyl/N-ethyl adjacent to an activating group) is 1. The van der Waals surface area contributed by atoms with Crippen LogP contribution in [0.25, 0.3) is 44.5 Å². The molecule has 10 heteroatoms. The van der Waals surface area contributed by atoms with E-state index >= 15 is 0 Å². The first-order valence-corrected chi connectivity index (χ1v) is 13.0. The molecule has 5 aromatic heterocycles. The maximum absolute atomic E-state index is 12.2. The molecule has 1 amide bonds. The molecular weight excluding hydrogens is 478 g/mol. The third kappa shape index (κ3) is 4.70. The Bertz CT molecular complexity index is 1610. The van der Waals surface area contributed by atoms with E-state index in [-0.39, 0.29) is 11.8 Å². The number of carbonyl (C=O) groups is 1. The lowest BCUT2D eigenvalue weighted by molar-refractivity contribution is -0.116. The number of nitrogens with one attached hydrogen (secondary N) is 3. The van der Waals surface area contributed by atoms with Crippen LogP contribution in [0.5, 0.6) is 0 Å². The van der Waals surface area contributed by atoms with E-state index in [0.717, 1.165) is 76.4 Å². The van der Waals surface area contributed by atoms with E-state index in [1.807, 2.05) is 38.2 Å². The van der Waals surface area contributed by atoms with E-state index in [2.05, 4.69) is 53.4 Å². The van der Waals surface area contributed by atoms with Crippen LogP contribution >= 0.6 is 0 Å². The molecule has 0 saturated carbocycles. The van der Waals surface area contributed by atoms with Crippen LogP contribution in [0.15, 0.2) is 49.1 Å². The fraction of sp³-hybridized carbons (Fsp3) is 0.321. The highest BCUT2D eigenvalue weighted by molar-refractivity contribution is 5.99. The van der Waals surface area contributed by atoms with Gasteiger partial charge in [0.2, 0.25) is 5.91 Å². The second-order valence-electron chi connectivity index (χ2n) is 10.4. The van der Waals surface area contributed by atoms with Crippen LogP contribution in [0, 0.1) is 5.92 Å². The van der Waals surface area contributed by atoms with Gasteiger partial charge in [0.1, 0.15) is 11.5 Å². The first-order valence-electron chi connectivity index (χ1n) is 13.0. The standard InChI is InChI=1S/C28H31N9O/c1-17(2)10-26(38)32-19-11-18(14-29-15-19)23-12-20-25(16-31-23)34-35-27(20)24-13-21-22(33-24)4-5-30-28(21)37-8-6-36(3)7-9-37/h4-5,11-17,33H,6-10H2,1-3H3,(H,32,38)(H,34,35). The average molecular weight is 510 g/mol. The topological polar surface area (TPSA) is 119 Å². The zero-order valence-corrected chi connectivity index (χ0v) is 21.8. The van der Waals surface area contributed by atoms with Gasteiger partial charge >= 0.3 is 0 Å². The molecule has 1 aliphatic heterocycles. The monoisotopic (exact) mass is 509 g/mol. The van der Waals surface area contributed by atoms with Crippen molar-refractivity contribution in [2.24, 2.45) is 5.92 Å². The Labute approximate surface area is 220 Å². The van der Waals surface area contributed by atoms with Crippen LogP contribution in [-0.4, -0.2) is 74.2 Å². The normalized spacial score (nSPS) is 14.6. The Morgan fingerprint density at radius 2 is 1.87 bits per heavy atom. The van der Waals surface area contributed by atoms with Gasteiger partial charge in [-0.25, -0.2) is 4.98 Å². The summed E-state index contributed by atoms with van der Waals surface area (Å²) in [5, 5.41) is 12.7. The Morgan fingerprint density at radius 1 is 1.03 bits per heavy atom. The Hall–Kier alpha value is -4.31. The third-order valence-corrected chi connectivity index (χ3v) is 6.94. The van der Waals surface area contributed by atoms with E-state index in [0.29, 0.717) is 12.1 Å². The molecule has 0 radical (unpaired) electrons. The maximum atomic E-state index is 12.2. The van der Waals surface area contributed by atoms with Crippen LogP contribution in [0.4, 0.5) is 11.5 Å². The molecule has 1 fully saturated rings. The number of pyridine rings is 3. The molecule has 194 valence electrons. The molecule has 0 spiro atoms. The highest BCUT2D eigenvalue weighted by Gasteiger charge is 2.20. The first-order chi connectivity index (χ1) is 18.4. The number of fused-ring (bicyclic) bond motifs is 2. The zero-order chi connectivity index (χ0) is 26.2. The van der Waals surface area contributed by atoms with E-state index in [1.54, 1.807) is 18.6 Å². The number of hydrogen-bond donors (Lipinski definition) is 3. The van der Waals surface area contributed by atoms with Crippen molar-refractivity contribution in [3.05, 3.63) is 49.1 Å². The second kappa shape index (κ2) is 9.86. The third-order valence-electron chi connectivity index (χ3n) is 6.94. The number of H-pyrrole nitrogens is 2. The van der Waals surface area contributed by atoms with Crippen molar-refractivity contribution in [1.82, 2.24) is 35.0 Å². The van der Waals surface area contributed by atoms with E-state index in [1.165, 1.54) is 0 Å². The fourth-order valence-electron chi connectivity index (χ4n) is 4.95. The maximum Gasteiger partial charge on any atom is 0.224 e. The summed E-state index contributed by atoms with van der Waals surface area (Å²) in [6.45, 7) is 7.99. The van der Waals surface area contributed by atoms with Gasteiger partial charge in [0.15, 0.2) is 0 Å². The summed E-state index contributed by atoms with van der Waals surface area (Å²) in [7, 11) is 2.15. The molecule has 6 rings (SSSR count). The van der Waals surface area contributed by atoms with Gasteiger partial charge in [0.05, 0.1) is 40.5 Å². The smallest absolute Gasteiger partial charge is 0.224 e. The highest BCUT2D eigenvalue weighted by Crippen LogP contribution is 2.33. The summed E-state index contributed by atoms with van der Waals surface area (Å²) < 4.78 is 0. The predicted octanol–water partition coefficient (Wildman–Crippen LogP) is 4.30. The number of aromatic nitrogens is 6. The van der Waals surface area contributed by atoms with Gasteiger partial charge in [0.25, 0.3) is 0 Å². The number of amides is 1. The van der Waals surface area contributed by atoms with Gasteiger partial charge in [-0.15, -0.1) is 0 Å². The van der Waals surface area contributed by atoms with Crippen molar-refractivity contribution in [2.75, 3.05) is 43.4 Å². The lowest BCUT2D eigenvalue weighted by atomic mass is 10.1. The number of aromatic amines is 2. The minimum atomic E-state index is -0.0243. The number of rotatable bonds is 6. The van der Waals surface area contributed by atoms with Crippen LogP contribution < -0.4 is 10.2 Å². The second-order valence-corrected chi connectivity index (χ2v) is 10.4. The summed E-state index contributed by atoms with van der Waals surface area (Å²) in [6, 6.07) is 8.05. The first kappa shape index (κ1) is 24.1. The predicted molar refractivity (Wildman–Crippen MR) is 150 cm³/mol. The van der Waals surface area contributed by atoms with Crippen molar-refractivity contribution in [3.8, 4) is 22.6 Å². The van der Waals surface area contributed by atoms with Crippen molar-refractivity contribution >= 4 is 39.2 Å². The van der Waals surface area contributed by atoms with Gasteiger partial charge in [-0.2, -0.15) is 5.10 Å². The molecule has 1 aliphatic rings. The molecule has 6 heterocycles. The molecule has 5 aromatic rings. The van der Waals surface area contributed by atoms with Crippen molar-refractivity contribution in [3.63, 3.8) is 0 Å². The molecule has 0 aliphatic carbocycles. The number of piperazine rings is 1. The zero-order valence-electron chi connectivity index (χ0n) is 21.8. The summed E-state index contributed by atoms with van der Waals surface area (Å²) in [5.74, 6) is 1.26. The summed E-state index contributed by atoms with van der Waals surface area (Å²) >= 11 is 0. The Kier molecular flexibility index (Phi) is 6.24. The summed E-state index contributed by atoms with van der Waals surface area (Å²) in [5.41, 5.74) is 5.83. The molecule has 0 unspecified atom stereocenters. The van der Waals surface area contributed by atoms with Crippen LogP contribution in [0.3, 0.4) is 0 Å². The van der Waals surface area contributed by atoms with E-state index in [9.17, 15) is 4.79 Å². The van der Waals surface area contributed by atoms with Crippen LogP contribution in [0.2, 0.25) is 0 Å². The summed E-state index contributed by atoms with van der Waals surface area (Å²) in [6.07, 6.45) is 7.51. The Morgan fingerprint density at radius 3 is 2.68 bits per heavy atom. The van der Waals surface area contributed by atoms with Gasteiger partial charge in [-0.3, -0.25) is 19.9 Å². The lowest BCUT2D eigenvalue weighted by Crippen LogP contribution is -2.44. The number of nitrogens with zero attached hydrogens (tertiary/aromatic N) is 6. The summed E-state index contributed by atoms with van der Waals surface area (Å²) in [4.78, 5) is 34.2. The molecular formula is C28H31N9O. The highest BCUT2D eigenvalue weighted by atomic mass is 16.1. The minimum absolute atomic E-state index is 0.0243. The number of carbonyl (C=O) groups excluding carboxylic acids is 1. The van der Waals surface area contributed by atoms with Crippen LogP contribution in [-0.2, 0) is 4.79 Å². The molecule has 10 nitrogen and oxygen atoms in total. The van der Waals surface area contributed by atoms with Gasteiger partial charge < -0.3 is 20.1 Å². The molecule has 38 heavy (non-hydrogen) atoms. The van der Waals surface area contributed by atoms with Crippen molar-refractivity contribution in [1.29, 1.82) is 0 Å². The number of hydrogen-bond acceptors (Lipinski definition) is 7. The van der Waals surface area contributed by atoms with Gasteiger partial charge in [-0.1, -0.05) is 13.8 Å². The molecule has 3 N–H and O–H groups in total. The largest absolute Gasteiger partial charge is 0.353 e. The van der Waals surface area contributed by atoms with E-state index in [4.69, 9.17) is 4.98 Å². The van der Waals surface area contributed by atoms with E-state index < -0.39 is 0 Å². The molecule has 0 bridgehead atoms. The molecule has 0 atom stereocenters. The van der Waals surface area contributed by atoms with Crippen molar-refractivity contribution < 1.29 is 4.79 Å². The quantitative estimate of drug-likeness (QED) is 0.312. The Balaban J connectivity index is 1.34. The van der Waals surface area contributed by atoms with Gasteiger partial charge in [0, 0.05) is 61.3 Å². The minimum Gasteiger partial charge on any atom is -0.353 e. The molecule has 1 saturated heterocycles. The van der Waals surface area contributed by atoms with Crippen molar-refractivity contribution in [2.45, 2.75) is 20.3 Å². The fourth-order valence-corrected chi connectivity index (χ4v) is 4.95. The number of anilines is 2. The lowest BCUT2D eigenvalue weighted by Gasteiger charge is -2.33. The van der Waals surface area contributed by atoms with Crippen LogP contribution in [0.1, 0.15) is 20.3 Å². The SMILES string of the molecule is CC(C)CC(=O)Nc1cncc(-c2cc3c(-c4cc5c(N6CCN(C)CC6)nccc5[nH]4)n[nH]c3cn2)c1. The van der Waals surface area contributed by atoms with Gasteiger partial charge in [-0.05, 0) is 37.2 Å².